The van der Waals surface area contributed by atoms with Crippen LogP contribution in [0, 0.1) is 12.3 Å². The van der Waals surface area contributed by atoms with Crippen LogP contribution in [0.3, 0.4) is 0 Å². The first kappa shape index (κ1) is 15.1. The molecule has 0 unspecified atom stereocenters. The second-order valence-corrected chi connectivity index (χ2v) is 5.55. The average Bonchev–Trinajstić information content (AvgIpc) is 2.91. The highest BCUT2D eigenvalue weighted by atomic mass is 32.1. The van der Waals surface area contributed by atoms with Gasteiger partial charge in [0.25, 0.3) is 5.56 Å². The molecule has 0 amide bonds. The quantitative estimate of drug-likeness (QED) is 0.542. The largest absolute Gasteiger partial charge is 0.481 e. The number of ether oxygens (including phenoxy) is 2. The summed E-state index contributed by atoms with van der Waals surface area (Å²) in [6, 6.07) is 5.24. The molecule has 23 heavy (non-hydrogen) atoms. The minimum absolute atomic E-state index is 0.0864. The fraction of sp³-hybridized carbons (Fsp3) is 0.188. The lowest BCUT2D eigenvalue weighted by Crippen LogP contribution is -2.23. The number of carbonyl (C=O) groups is 1. The molecule has 0 aliphatic rings. The van der Waals surface area contributed by atoms with E-state index < -0.39 is 11.5 Å². The topological polar surface area (TPSA) is 69.9 Å². The van der Waals surface area contributed by atoms with E-state index in [1.165, 1.54) is 21.9 Å². The van der Waals surface area contributed by atoms with Crippen molar-refractivity contribution >= 4 is 32.5 Å². The molecular formula is C16H12N2O4S. The monoisotopic (exact) mass is 328 g/mol. The third-order valence-corrected chi connectivity index (χ3v) is 4.14. The van der Waals surface area contributed by atoms with E-state index in [0.29, 0.717) is 16.2 Å². The Bertz CT molecular complexity index is 997. The number of benzene rings is 1. The van der Waals surface area contributed by atoms with Gasteiger partial charge in [-0.25, -0.2) is 9.78 Å². The Labute approximate surface area is 135 Å². The van der Waals surface area contributed by atoms with Crippen LogP contribution in [0.5, 0.6) is 5.75 Å². The van der Waals surface area contributed by atoms with Gasteiger partial charge < -0.3 is 9.47 Å². The summed E-state index contributed by atoms with van der Waals surface area (Å²) in [5, 5.41) is 0. The number of hydrogen-bond donors (Lipinski definition) is 0. The highest BCUT2D eigenvalue weighted by Gasteiger charge is 2.17. The second-order valence-electron chi connectivity index (χ2n) is 4.54. The third kappa shape index (κ3) is 2.64. The number of aromatic nitrogens is 2. The summed E-state index contributed by atoms with van der Waals surface area (Å²) in [5.41, 5.74) is 0.121. The lowest BCUT2D eigenvalue weighted by Gasteiger charge is -2.02. The molecule has 3 aromatic rings. The first-order valence-corrected chi connectivity index (χ1v) is 7.65. The number of hydrogen-bond acceptors (Lipinski definition) is 6. The number of thiazole rings is 1. The minimum Gasteiger partial charge on any atom is -0.481 e. The van der Waals surface area contributed by atoms with Gasteiger partial charge in [0, 0.05) is 0 Å². The van der Waals surface area contributed by atoms with Crippen molar-refractivity contribution in [2.45, 2.75) is 6.92 Å². The SMILES string of the molecule is C#CCOc1ccc2c(c1)sc1ncc(C(=O)OCC)c(=O)n12. The van der Waals surface area contributed by atoms with Crippen LogP contribution in [0.1, 0.15) is 17.3 Å². The fourth-order valence-corrected chi connectivity index (χ4v) is 3.16. The summed E-state index contributed by atoms with van der Waals surface area (Å²) in [6.45, 7) is 2.04. The first-order valence-electron chi connectivity index (χ1n) is 6.83. The molecule has 0 aliphatic heterocycles. The minimum atomic E-state index is -0.673. The van der Waals surface area contributed by atoms with E-state index in [0.717, 1.165) is 4.70 Å². The van der Waals surface area contributed by atoms with Gasteiger partial charge in [0.1, 0.15) is 17.9 Å². The van der Waals surface area contributed by atoms with Gasteiger partial charge in [0.15, 0.2) is 4.96 Å². The van der Waals surface area contributed by atoms with E-state index in [-0.39, 0.29) is 18.8 Å². The Morgan fingerprint density at radius 3 is 3.04 bits per heavy atom. The molecule has 0 radical (unpaired) electrons. The molecule has 0 fully saturated rings. The van der Waals surface area contributed by atoms with Gasteiger partial charge in [0.05, 0.1) is 23.0 Å². The number of carbonyl (C=O) groups excluding carboxylic acids is 1. The Morgan fingerprint density at radius 2 is 2.30 bits per heavy atom. The molecule has 2 aromatic heterocycles. The highest BCUT2D eigenvalue weighted by Crippen LogP contribution is 2.27. The highest BCUT2D eigenvalue weighted by molar-refractivity contribution is 7.23. The predicted molar refractivity (Wildman–Crippen MR) is 87.1 cm³/mol. The summed E-state index contributed by atoms with van der Waals surface area (Å²) < 4.78 is 12.5. The molecule has 7 heteroatoms. The summed E-state index contributed by atoms with van der Waals surface area (Å²) in [5.74, 6) is 2.33. The van der Waals surface area contributed by atoms with Gasteiger partial charge >= 0.3 is 5.97 Å². The molecule has 2 heterocycles. The van der Waals surface area contributed by atoms with Gasteiger partial charge in [-0.15, -0.1) is 6.42 Å². The van der Waals surface area contributed by atoms with Gasteiger partial charge in [-0.2, -0.15) is 0 Å². The van der Waals surface area contributed by atoms with Crippen LogP contribution in [0.2, 0.25) is 0 Å². The Kier molecular flexibility index (Phi) is 4.00. The zero-order chi connectivity index (χ0) is 16.4. The van der Waals surface area contributed by atoms with Gasteiger partial charge in [-0.3, -0.25) is 9.20 Å². The lowest BCUT2D eigenvalue weighted by molar-refractivity contribution is 0.0523. The summed E-state index contributed by atoms with van der Waals surface area (Å²) >= 11 is 1.33. The molecule has 0 bridgehead atoms. The first-order chi connectivity index (χ1) is 11.2. The molecule has 0 atom stereocenters. The number of fused-ring (bicyclic) bond motifs is 3. The van der Waals surface area contributed by atoms with Crippen molar-refractivity contribution in [3.05, 3.63) is 40.3 Å². The van der Waals surface area contributed by atoms with E-state index in [1.807, 2.05) is 0 Å². The molecule has 3 rings (SSSR count). The van der Waals surface area contributed by atoms with Crippen molar-refractivity contribution < 1.29 is 14.3 Å². The molecule has 6 nitrogen and oxygen atoms in total. The standard InChI is InChI=1S/C16H12N2O4S/c1-3-7-22-10-5-6-12-13(8-10)23-16-17-9-11(14(19)18(12)16)15(20)21-4-2/h1,5-6,8-9H,4,7H2,2H3. The zero-order valence-electron chi connectivity index (χ0n) is 12.2. The van der Waals surface area contributed by atoms with Gasteiger partial charge in [0.2, 0.25) is 0 Å². The number of nitrogens with zero attached hydrogens (tertiary/aromatic N) is 2. The van der Waals surface area contributed by atoms with E-state index in [2.05, 4.69) is 10.9 Å². The van der Waals surface area contributed by atoms with Gasteiger partial charge in [-0.1, -0.05) is 17.3 Å². The zero-order valence-corrected chi connectivity index (χ0v) is 13.1. The lowest BCUT2D eigenvalue weighted by atomic mass is 10.3. The number of rotatable bonds is 4. The van der Waals surface area contributed by atoms with Crippen LogP contribution in [-0.2, 0) is 4.74 Å². The molecular weight excluding hydrogens is 316 g/mol. The van der Waals surface area contributed by atoms with Crippen LogP contribution in [0.4, 0.5) is 0 Å². The molecule has 1 aromatic carbocycles. The van der Waals surface area contributed by atoms with E-state index in [1.54, 1.807) is 25.1 Å². The van der Waals surface area contributed by atoms with Crippen LogP contribution in [0.25, 0.3) is 15.2 Å². The smallest absolute Gasteiger partial charge is 0.345 e. The number of terminal acetylenes is 1. The summed E-state index contributed by atoms with van der Waals surface area (Å²) in [7, 11) is 0. The maximum atomic E-state index is 12.5. The molecule has 0 saturated carbocycles. The molecule has 116 valence electrons. The van der Waals surface area contributed by atoms with Crippen molar-refractivity contribution in [2.75, 3.05) is 13.2 Å². The van der Waals surface area contributed by atoms with Crippen molar-refractivity contribution in [1.29, 1.82) is 0 Å². The predicted octanol–water partition coefficient (Wildman–Crippen LogP) is 2.10. The maximum Gasteiger partial charge on any atom is 0.345 e. The summed E-state index contributed by atoms with van der Waals surface area (Å²) in [6.07, 6.45) is 6.42. The van der Waals surface area contributed by atoms with Crippen molar-refractivity contribution in [3.63, 3.8) is 0 Å². The molecule has 0 aliphatic carbocycles. The maximum absolute atomic E-state index is 12.5. The average molecular weight is 328 g/mol. The Balaban J connectivity index is 2.17. The normalized spacial score (nSPS) is 10.6. The van der Waals surface area contributed by atoms with Crippen molar-refractivity contribution in [3.8, 4) is 18.1 Å². The molecule has 0 spiro atoms. The van der Waals surface area contributed by atoms with Crippen LogP contribution < -0.4 is 10.3 Å². The van der Waals surface area contributed by atoms with Gasteiger partial charge in [-0.05, 0) is 25.1 Å². The van der Waals surface area contributed by atoms with E-state index in [9.17, 15) is 9.59 Å². The van der Waals surface area contributed by atoms with E-state index in [4.69, 9.17) is 15.9 Å². The number of esters is 1. The molecule has 0 N–H and O–H groups in total. The Morgan fingerprint density at radius 1 is 1.48 bits per heavy atom. The van der Waals surface area contributed by atoms with Crippen LogP contribution in [-0.4, -0.2) is 28.6 Å². The third-order valence-electron chi connectivity index (χ3n) is 3.12. The van der Waals surface area contributed by atoms with E-state index >= 15 is 0 Å². The molecule has 0 saturated heterocycles. The van der Waals surface area contributed by atoms with Crippen molar-refractivity contribution in [2.24, 2.45) is 0 Å². The Hall–Kier alpha value is -2.85. The summed E-state index contributed by atoms with van der Waals surface area (Å²) in [4.78, 5) is 29.1. The van der Waals surface area contributed by atoms with Crippen LogP contribution >= 0.6 is 11.3 Å². The fourth-order valence-electron chi connectivity index (χ4n) is 2.15. The second kappa shape index (κ2) is 6.10. The van der Waals surface area contributed by atoms with Crippen molar-refractivity contribution in [1.82, 2.24) is 9.38 Å². The van der Waals surface area contributed by atoms with Crippen LogP contribution in [0.15, 0.2) is 29.2 Å².